The maximum Gasteiger partial charge on any atom is 0.0990 e. The molecule has 0 aliphatic rings. The van der Waals surface area contributed by atoms with Gasteiger partial charge < -0.3 is 0 Å². The topological polar surface area (TPSA) is 0 Å². The zero-order valence-electron chi connectivity index (χ0n) is 7.03. The van der Waals surface area contributed by atoms with Crippen LogP contribution in [0.25, 0.3) is 0 Å². The standard InChI is InChI=1S/C9H12FP/c1-6-4-7(2)9(11-10)8(3)5-6/h4-5,11H,1-3H3. The third-order valence-electron chi connectivity index (χ3n) is 1.77. The van der Waals surface area contributed by atoms with Gasteiger partial charge in [-0.2, -0.15) is 0 Å². The molecule has 0 aromatic heterocycles. The molecule has 0 heterocycles. The predicted octanol–water partition coefficient (Wildman–Crippen LogP) is 2.80. The van der Waals surface area contributed by atoms with E-state index >= 15 is 0 Å². The van der Waals surface area contributed by atoms with E-state index in [-0.39, 0.29) is 0 Å². The summed E-state index contributed by atoms with van der Waals surface area (Å²) >= 11 is 0. The van der Waals surface area contributed by atoms with Crippen LogP contribution in [0.5, 0.6) is 0 Å². The van der Waals surface area contributed by atoms with Crippen molar-refractivity contribution in [3.8, 4) is 0 Å². The fraction of sp³-hybridized carbons (Fsp3) is 0.333. The number of hydrogen-bond acceptors (Lipinski definition) is 0. The van der Waals surface area contributed by atoms with Gasteiger partial charge in [0.25, 0.3) is 0 Å². The Morgan fingerprint density at radius 2 is 1.55 bits per heavy atom. The lowest BCUT2D eigenvalue weighted by atomic mass is 10.1. The molecule has 1 rings (SSSR count). The van der Waals surface area contributed by atoms with Gasteiger partial charge in [0.15, 0.2) is 0 Å². The van der Waals surface area contributed by atoms with Crippen molar-refractivity contribution < 1.29 is 4.20 Å². The fourth-order valence-electron chi connectivity index (χ4n) is 1.33. The SMILES string of the molecule is Cc1cc(C)c(PF)c(C)c1. The summed E-state index contributed by atoms with van der Waals surface area (Å²) in [5, 5.41) is 0.871. The summed E-state index contributed by atoms with van der Waals surface area (Å²) in [7, 11) is -0.576. The predicted molar refractivity (Wildman–Crippen MR) is 49.7 cm³/mol. The molecule has 1 atom stereocenters. The van der Waals surface area contributed by atoms with Gasteiger partial charge in [-0.25, -0.2) is 4.20 Å². The van der Waals surface area contributed by atoms with Gasteiger partial charge in [0.2, 0.25) is 0 Å². The molecule has 0 aliphatic heterocycles. The van der Waals surface area contributed by atoms with Crippen molar-refractivity contribution in [3.63, 3.8) is 0 Å². The van der Waals surface area contributed by atoms with E-state index < -0.39 is 8.89 Å². The van der Waals surface area contributed by atoms with Crippen molar-refractivity contribution in [1.29, 1.82) is 0 Å². The Balaban J connectivity index is 3.25. The molecule has 0 nitrogen and oxygen atoms in total. The van der Waals surface area contributed by atoms with Gasteiger partial charge in [-0.1, -0.05) is 17.7 Å². The lowest BCUT2D eigenvalue weighted by molar-refractivity contribution is 0.928. The molecule has 0 spiro atoms. The molecule has 0 aliphatic carbocycles. The van der Waals surface area contributed by atoms with Crippen LogP contribution in [0.4, 0.5) is 4.20 Å². The second-order valence-electron chi connectivity index (χ2n) is 2.87. The molecule has 1 aromatic rings. The third-order valence-corrected chi connectivity index (χ3v) is 2.75. The van der Waals surface area contributed by atoms with Gasteiger partial charge in [-0.05, 0) is 31.9 Å². The van der Waals surface area contributed by atoms with E-state index in [0.717, 1.165) is 16.4 Å². The molecule has 11 heavy (non-hydrogen) atoms. The Morgan fingerprint density at radius 1 is 1.09 bits per heavy atom. The van der Waals surface area contributed by atoms with Crippen molar-refractivity contribution in [2.45, 2.75) is 20.8 Å². The van der Waals surface area contributed by atoms with Crippen LogP contribution < -0.4 is 5.30 Å². The quantitative estimate of drug-likeness (QED) is 0.568. The maximum absolute atomic E-state index is 12.4. The highest BCUT2D eigenvalue weighted by Gasteiger charge is 2.02. The number of benzene rings is 1. The summed E-state index contributed by atoms with van der Waals surface area (Å²) in [5.74, 6) is 0. The highest BCUT2D eigenvalue weighted by atomic mass is 31.1. The fourth-order valence-corrected chi connectivity index (χ4v) is 1.77. The summed E-state index contributed by atoms with van der Waals surface area (Å²) < 4.78 is 12.4. The molecular weight excluding hydrogens is 158 g/mol. The van der Waals surface area contributed by atoms with Crippen molar-refractivity contribution in [1.82, 2.24) is 0 Å². The van der Waals surface area contributed by atoms with Crippen LogP contribution in [-0.2, 0) is 0 Å². The van der Waals surface area contributed by atoms with Crippen LogP contribution in [0.15, 0.2) is 12.1 Å². The summed E-state index contributed by atoms with van der Waals surface area (Å²) in [5.41, 5.74) is 3.36. The van der Waals surface area contributed by atoms with E-state index in [1.54, 1.807) is 0 Å². The molecule has 0 fully saturated rings. The molecule has 0 radical (unpaired) electrons. The van der Waals surface area contributed by atoms with E-state index in [1.807, 2.05) is 32.9 Å². The molecule has 2 heteroatoms. The average molecular weight is 170 g/mol. The van der Waals surface area contributed by atoms with E-state index in [4.69, 9.17) is 0 Å². The first-order valence-electron chi connectivity index (χ1n) is 3.59. The lowest BCUT2D eigenvalue weighted by Gasteiger charge is -2.05. The Bertz CT molecular complexity index is 245. The van der Waals surface area contributed by atoms with E-state index in [0.29, 0.717) is 0 Å². The molecule has 0 bridgehead atoms. The molecule has 60 valence electrons. The minimum atomic E-state index is -0.576. The smallest absolute Gasteiger partial charge is 0.0990 e. The van der Waals surface area contributed by atoms with Crippen molar-refractivity contribution in [2.24, 2.45) is 0 Å². The van der Waals surface area contributed by atoms with Gasteiger partial charge in [-0.3, -0.25) is 0 Å². The van der Waals surface area contributed by atoms with Crippen LogP contribution in [0.2, 0.25) is 0 Å². The van der Waals surface area contributed by atoms with Crippen molar-refractivity contribution >= 4 is 14.2 Å². The molecule has 0 amide bonds. The Morgan fingerprint density at radius 3 is 1.91 bits per heavy atom. The summed E-state index contributed by atoms with van der Waals surface area (Å²) in [4.78, 5) is 0. The second-order valence-corrected chi connectivity index (χ2v) is 3.56. The number of rotatable bonds is 1. The zero-order valence-corrected chi connectivity index (χ0v) is 8.03. The zero-order chi connectivity index (χ0) is 8.43. The van der Waals surface area contributed by atoms with Crippen molar-refractivity contribution in [3.05, 3.63) is 28.8 Å². The van der Waals surface area contributed by atoms with E-state index in [2.05, 4.69) is 0 Å². The van der Waals surface area contributed by atoms with Gasteiger partial charge in [-0.15, -0.1) is 0 Å². The van der Waals surface area contributed by atoms with Crippen LogP contribution in [0, 0.1) is 20.8 Å². The highest BCUT2D eigenvalue weighted by Crippen LogP contribution is 2.18. The van der Waals surface area contributed by atoms with Crippen molar-refractivity contribution in [2.75, 3.05) is 0 Å². The third kappa shape index (κ3) is 1.78. The summed E-state index contributed by atoms with van der Waals surface area (Å²) in [6.07, 6.45) is 0. The van der Waals surface area contributed by atoms with E-state index in [9.17, 15) is 4.20 Å². The van der Waals surface area contributed by atoms with Gasteiger partial charge in [0.1, 0.15) is 0 Å². The summed E-state index contributed by atoms with van der Waals surface area (Å²) in [6, 6.07) is 4.05. The van der Waals surface area contributed by atoms with Crippen LogP contribution in [0.1, 0.15) is 16.7 Å². The Labute approximate surface area is 68.7 Å². The Hall–Kier alpha value is -0.420. The monoisotopic (exact) mass is 170 g/mol. The average Bonchev–Trinajstić information content (AvgIpc) is 1.85. The van der Waals surface area contributed by atoms with E-state index in [1.165, 1.54) is 5.56 Å². The molecule has 0 saturated heterocycles. The first-order chi connectivity index (χ1) is 5.15. The van der Waals surface area contributed by atoms with Crippen LogP contribution in [-0.4, -0.2) is 0 Å². The minimum absolute atomic E-state index is 0.576. The molecule has 0 N–H and O–H groups in total. The number of aryl methyl sites for hydroxylation is 3. The Kier molecular flexibility index (Phi) is 2.62. The first kappa shape index (κ1) is 8.67. The normalized spacial score (nSPS) is 11.3. The van der Waals surface area contributed by atoms with Gasteiger partial charge in [0.05, 0.1) is 8.89 Å². The molecule has 1 aromatic carbocycles. The summed E-state index contributed by atoms with van der Waals surface area (Å²) in [6.45, 7) is 5.95. The molecular formula is C9H12FP. The lowest BCUT2D eigenvalue weighted by Crippen LogP contribution is -2.03. The maximum atomic E-state index is 12.4. The van der Waals surface area contributed by atoms with Crippen LogP contribution >= 0.6 is 8.89 Å². The molecule has 0 saturated carbocycles. The largest absolute Gasteiger partial charge is 0.225 e. The minimum Gasteiger partial charge on any atom is -0.225 e. The first-order valence-corrected chi connectivity index (χ1v) is 4.47. The van der Waals surface area contributed by atoms with Crippen LogP contribution in [0.3, 0.4) is 0 Å². The van der Waals surface area contributed by atoms with Gasteiger partial charge in [0, 0.05) is 5.30 Å². The van der Waals surface area contributed by atoms with Gasteiger partial charge >= 0.3 is 0 Å². The second kappa shape index (κ2) is 3.32. The number of hydrogen-bond donors (Lipinski definition) is 0. The number of halogens is 1. The molecule has 1 unspecified atom stereocenters. The highest BCUT2D eigenvalue weighted by molar-refractivity contribution is 7.41.